The summed E-state index contributed by atoms with van der Waals surface area (Å²) in [5.41, 5.74) is 0. The molecule has 0 aromatic heterocycles. The molecule has 2 aliphatic rings. The first-order valence-corrected chi connectivity index (χ1v) is 2.75. The topological polar surface area (TPSA) is 49.5 Å². The lowest BCUT2D eigenvalue weighted by molar-refractivity contribution is -0.134. The van der Waals surface area contributed by atoms with Crippen molar-refractivity contribution in [3.05, 3.63) is 0 Å². The van der Waals surface area contributed by atoms with Gasteiger partial charge in [-0.2, -0.15) is 0 Å². The number of ether oxygens (including phenoxy) is 1. The quantitative estimate of drug-likeness (QED) is 0.459. The maximum atomic E-state index is 9.00. The average Bonchev–Trinajstić information content (AvgIpc) is 2.10. The molecule has 2 unspecified atom stereocenters. The van der Waals surface area contributed by atoms with Gasteiger partial charge in [0, 0.05) is 13.5 Å². The lowest BCUT2D eigenvalue weighted by Crippen LogP contribution is -2.20. The van der Waals surface area contributed by atoms with Gasteiger partial charge >= 0.3 is 0 Å². The summed E-state index contributed by atoms with van der Waals surface area (Å²) < 4.78 is 4.93. The van der Waals surface area contributed by atoms with Gasteiger partial charge in [0.25, 0.3) is 5.97 Å². The lowest BCUT2D eigenvalue weighted by Gasteiger charge is -2.10. The molecule has 2 aliphatic heterocycles. The Bertz CT molecular complexity index is 109. The highest BCUT2D eigenvalue weighted by atomic mass is 16.6. The Balaban J connectivity index is 0.0000000945. The van der Waals surface area contributed by atoms with Crippen molar-refractivity contribution in [3.8, 4) is 0 Å². The van der Waals surface area contributed by atoms with Crippen molar-refractivity contribution in [2.45, 2.75) is 13.2 Å². The summed E-state index contributed by atoms with van der Waals surface area (Å²) in [6, 6.07) is 0. The predicted molar refractivity (Wildman–Crippen MR) is 29.8 cm³/mol. The van der Waals surface area contributed by atoms with Gasteiger partial charge in [-0.15, -0.1) is 0 Å². The van der Waals surface area contributed by atoms with Crippen LogP contribution in [0.4, 0.5) is 0 Å². The van der Waals surface area contributed by atoms with Crippen LogP contribution < -0.4 is 0 Å². The zero-order valence-corrected chi connectivity index (χ0v) is 5.20. The minimum absolute atomic E-state index is 0.565. The second-order valence-corrected chi connectivity index (χ2v) is 2.04. The number of fused-ring (bicyclic) bond motifs is 1. The van der Waals surface area contributed by atoms with E-state index in [-0.39, 0.29) is 0 Å². The van der Waals surface area contributed by atoms with Gasteiger partial charge in [0.2, 0.25) is 0 Å². The Morgan fingerprint density at radius 3 is 2.33 bits per heavy atom. The SMILES string of the molecule is C1OC2CN12.CC(=O)O. The molecule has 1 N–H and O–H groups in total. The van der Waals surface area contributed by atoms with E-state index < -0.39 is 5.97 Å². The number of nitrogens with zero attached hydrogens (tertiary/aromatic N) is 1. The standard InChI is InChI=1S/C3H5NO.C2H4O2/c1-3-4(1)2-5-3;1-2(3)4/h3H,1-2H2;1H3,(H,3,4). The van der Waals surface area contributed by atoms with Crippen molar-refractivity contribution in [1.29, 1.82) is 0 Å². The first-order valence-electron chi connectivity index (χ1n) is 2.75. The van der Waals surface area contributed by atoms with Crippen LogP contribution in [0.25, 0.3) is 0 Å². The van der Waals surface area contributed by atoms with Gasteiger partial charge < -0.3 is 9.84 Å². The highest BCUT2D eigenvalue weighted by Crippen LogP contribution is 2.27. The molecule has 0 aliphatic carbocycles. The van der Waals surface area contributed by atoms with E-state index in [2.05, 4.69) is 4.90 Å². The molecular weight excluding hydrogens is 122 g/mol. The minimum atomic E-state index is -0.833. The summed E-state index contributed by atoms with van der Waals surface area (Å²) in [5.74, 6) is -0.833. The van der Waals surface area contributed by atoms with Crippen LogP contribution in [0, 0.1) is 0 Å². The van der Waals surface area contributed by atoms with Crippen LogP contribution >= 0.6 is 0 Å². The van der Waals surface area contributed by atoms with E-state index in [4.69, 9.17) is 14.6 Å². The Morgan fingerprint density at radius 2 is 2.33 bits per heavy atom. The van der Waals surface area contributed by atoms with Gasteiger partial charge in [-0.1, -0.05) is 0 Å². The molecule has 0 aromatic carbocycles. The van der Waals surface area contributed by atoms with Crippen LogP contribution in [0.2, 0.25) is 0 Å². The minimum Gasteiger partial charge on any atom is -0.481 e. The molecule has 0 aromatic rings. The van der Waals surface area contributed by atoms with Gasteiger partial charge in [-0.05, 0) is 0 Å². The predicted octanol–water partition coefficient (Wildman–Crippen LogP) is -0.293. The molecule has 9 heavy (non-hydrogen) atoms. The molecule has 0 amide bonds. The molecule has 0 spiro atoms. The normalized spacial score (nSPS) is 34.8. The van der Waals surface area contributed by atoms with Crippen molar-refractivity contribution < 1.29 is 14.6 Å². The number of rotatable bonds is 0. The van der Waals surface area contributed by atoms with Crippen LogP contribution in [0.15, 0.2) is 0 Å². The molecular formula is C5H9NO3. The van der Waals surface area contributed by atoms with E-state index in [0.29, 0.717) is 6.23 Å². The molecule has 2 fully saturated rings. The Labute approximate surface area is 53.0 Å². The van der Waals surface area contributed by atoms with Crippen LogP contribution in [0.5, 0.6) is 0 Å². The molecule has 4 heteroatoms. The second-order valence-electron chi connectivity index (χ2n) is 2.04. The first kappa shape index (κ1) is 6.51. The number of hydrogen-bond donors (Lipinski definition) is 1. The third-order valence-electron chi connectivity index (χ3n) is 1.10. The highest BCUT2D eigenvalue weighted by Gasteiger charge is 2.43. The molecule has 2 rings (SSSR count). The molecule has 2 saturated heterocycles. The molecule has 4 nitrogen and oxygen atoms in total. The molecule has 52 valence electrons. The molecule has 0 radical (unpaired) electrons. The summed E-state index contributed by atoms with van der Waals surface area (Å²) in [4.78, 5) is 11.2. The van der Waals surface area contributed by atoms with Crippen molar-refractivity contribution >= 4 is 5.97 Å². The summed E-state index contributed by atoms with van der Waals surface area (Å²) in [6.45, 7) is 3.17. The Hall–Kier alpha value is -0.610. The second kappa shape index (κ2) is 2.33. The maximum absolute atomic E-state index is 9.00. The van der Waals surface area contributed by atoms with Gasteiger partial charge in [0.05, 0.1) is 0 Å². The number of carboxylic acid groups (broad SMARTS) is 1. The largest absolute Gasteiger partial charge is 0.481 e. The third kappa shape index (κ3) is 1.99. The van der Waals surface area contributed by atoms with E-state index in [0.717, 1.165) is 13.7 Å². The third-order valence-corrected chi connectivity index (χ3v) is 1.10. The van der Waals surface area contributed by atoms with Crippen LogP contribution in [-0.2, 0) is 9.53 Å². The van der Waals surface area contributed by atoms with E-state index in [1.807, 2.05) is 0 Å². The monoisotopic (exact) mass is 131 g/mol. The zero-order valence-electron chi connectivity index (χ0n) is 5.20. The van der Waals surface area contributed by atoms with Crippen molar-refractivity contribution in [1.82, 2.24) is 4.90 Å². The van der Waals surface area contributed by atoms with Crippen molar-refractivity contribution in [2.75, 3.05) is 13.3 Å². The average molecular weight is 131 g/mol. The van der Waals surface area contributed by atoms with E-state index in [9.17, 15) is 0 Å². The molecule has 2 atom stereocenters. The van der Waals surface area contributed by atoms with E-state index in [1.165, 1.54) is 6.54 Å². The van der Waals surface area contributed by atoms with Crippen LogP contribution in [-0.4, -0.2) is 35.5 Å². The van der Waals surface area contributed by atoms with E-state index in [1.54, 1.807) is 0 Å². The van der Waals surface area contributed by atoms with Gasteiger partial charge in [-0.25, -0.2) is 4.90 Å². The van der Waals surface area contributed by atoms with Crippen molar-refractivity contribution in [2.24, 2.45) is 0 Å². The summed E-state index contributed by atoms with van der Waals surface area (Å²) in [7, 11) is 0. The number of carboxylic acids is 1. The van der Waals surface area contributed by atoms with Gasteiger partial charge in [0.15, 0.2) is 0 Å². The van der Waals surface area contributed by atoms with Crippen LogP contribution in [0.1, 0.15) is 6.92 Å². The van der Waals surface area contributed by atoms with Gasteiger partial charge in [-0.3, -0.25) is 4.79 Å². The zero-order chi connectivity index (χ0) is 6.85. The number of hydrogen-bond acceptors (Lipinski definition) is 3. The molecule has 0 bridgehead atoms. The molecule has 0 saturated carbocycles. The smallest absolute Gasteiger partial charge is 0.300 e. The summed E-state index contributed by atoms with van der Waals surface area (Å²) >= 11 is 0. The van der Waals surface area contributed by atoms with E-state index >= 15 is 0 Å². The first-order chi connectivity index (χ1) is 4.20. The Morgan fingerprint density at radius 1 is 1.89 bits per heavy atom. The summed E-state index contributed by atoms with van der Waals surface area (Å²) in [6.07, 6.45) is 0.565. The Kier molecular flexibility index (Phi) is 1.68. The van der Waals surface area contributed by atoms with Crippen LogP contribution in [0.3, 0.4) is 0 Å². The fraction of sp³-hybridized carbons (Fsp3) is 0.800. The number of aliphatic carboxylic acids is 1. The number of carbonyl (C=O) groups is 1. The highest BCUT2D eigenvalue weighted by molar-refractivity contribution is 5.62. The maximum Gasteiger partial charge on any atom is 0.300 e. The molecule has 2 heterocycles. The van der Waals surface area contributed by atoms with Gasteiger partial charge in [0.1, 0.15) is 13.0 Å². The van der Waals surface area contributed by atoms with Crippen molar-refractivity contribution in [3.63, 3.8) is 0 Å². The fourth-order valence-electron chi connectivity index (χ4n) is 0.544. The summed E-state index contributed by atoms with van der Waals surface area (Å²) in [5, 5.41) is 7.42. The fourth-order valence-corrected chi connectivity index (χ4v) is 0.544. The lowest BCUT2D eigenvalue weighted by atomic mass is 10.8.